The van der Waals surface area contributed by atoms with E-state index in [-0.39, 0.29) is 11.6 Å². The fourth-order valence-electron chi connectivity index (χ4n) is 5.45. The lowest BCUT2D eigenvalue weighted by molar-refractivity contribution is 0.182. The molecular formula is C28H32F2. The van der Waals surface area contributed by atoms with Crippen LogP contribution >= 0.6 is 0 Å². The average molecular weight is 407 g/mol. The van der Waals surface area contributed by atoms with Gasteiger partial charge < -0.3 is 0 Å². The van der Waals surface area contributed by atoms with Crippen LogP contribution in [0.3, 0.4) is 0 Å². The number of unbranched alkanes of at least 4 members (excludes halogenated alkanes) is 1. The van der Waals surface area contributed by atoms with Crippen molar-refractivity contribution in [3.8, 4) is 11.8 Å². The summed E-state index contributed by atoms with van der Waals surface area (Å²) >= 11 is 0. The summed E-state index contributed by atoms with van der Waals surface area (Å²) in [6.45, 7) is 2.28. The zero-order valence-corrected chi connectivity index (χ0v) is 18.0. The van der Waals surface area contributed by atoms with Crippen molar-refractivity contribution in [1.29, 1.82) is 0 Å². The second-order valence-electron chi connectivity index (χ2n) is 9.25. The first kappa shape index (κ1) is 21.1. The van der Waals surface area contributed by atoms with Crippen LogP contribution in [0, 0.1) is 41.2 Å². The highest BCUT2D eigenvalue weighted by Gasteiger charge is 2.31. The molecule has 0 spiro atoms. The summed E-state index contributed by atoms with van der Waals surface area (Å²) in [6, 6.07) is 9.93. The molecule has 0 radical (unpaired) electrons. The van der Waals surface area contributed by atoms with Crippen molar-refractivity contribution in [2.45, 2.75) is 71.1 Å². The van der Waals surface area contributed by atoms with Gasteiger partial charge >= 0.3 is 0 Å². The minimum atomic E-state index is -0.287. The molecule has 0 aromatic heterocycles. The monoisotopic (exact) mass is 406 g/mol. The Hall–Kier alpha value is -2.14. The van der Waals surface area contributed by atoms with Gasteiger partial charge in [-0.05, 0) is 91.3 Å². The molecule has 4 rings (SSSR count). The Morgan fingerprint density at radius 1 is 0.867 bits per heavy atom. The van der Waals surface area contributed by atoms with Crippen LogP contribution in [0.25, 0.3) is 0 Å². The van der Waals surface area contributed by atoms with E-state index in [0.717, 1.165) is 36.7 Å². The highest BCUT2D eigenvalue weighted by molar-refractivity contribution is 5.47. The highest BCUT2D eigenvalue weighted by Crippen LogP contribution is 2.41. The quantitative estimate of drug-likeness (QED) is 0.462. The second-order valence-corrected chi connectivity index (χ2v) is 9.25. The van der Waals surface area contributed by atoms with Crippen molar-refractivity contribution < 1.29 is 8.78 Å². The van der Waals surface area contributed by atoms with E-state index in [1.807, 2.05) is 6.07 Å². The van der Waals surface area contributed by atoms with Crippen LogP contribution in [-0.4, -0.2) is 0 Å². The van der Waals surface area contributed by atoms with E-state index < -0.39 is 0 Å². The molecule has 2 heteroatoms. The van der Waals surface area contributed by atoms with Gasteiger partial charge in [-0.2, -0.15) is 0 Å². The molecule has 0 heterocycles. The van der Waals surface area contributed by atoms with Crippen LogP contribution in [-0.2, 0) is 12.8 Å². The molecule has 1 fully saturated rings. The number of benzene rings is 2. The van der Waals surface area contributed by atoms with Gasteiger partial charge in [0, 0.05) is 5.56 Å². The molecule has 1 atom stereocenters. The van der Waals surface area contributed by atoms with Crippen molar-refractivity contribution in [3.63, 3.8) is 0 Å². The number of fused-ring (bicyclic) bond motifs is 1. The zero-order valence-electron chi connectivity index (χ0n) is 18.0. The first-order valence-electron chi connectivity index (χ1n) is 11.7. The van der Waals surface area contributed by atoms with E-state index in [4.69, 9.17) is 0 Å². The summed E-state index contributed by atoms with van der Waals surface area (Å²) in [4.78, 5) is 0. The lowest BCUT2D eigenvalue weighted by Gasteiger charge is -2.36. The Kier molecular flexibility index (Phi) is 6.88. The molecule has 158 valence electrons. The topological polar surface area (TPSA) is 0 Å². The van der Waals surface area contributed by atoms with Crippen LogP contribution < -0.4 is 0 Å². The summed E-state index contributed by atoms with van der Waals surface area (Å²) < 4.78 is 28.1. The minimum Gasteiger partial charge on any atom is -0.207 e. The molecule has 1 unspecified atom stereocenters. The maximum atomic E-state index is 15.1. The second kappa shape index (κ2) is 9.78. The first-order chi connectivity index (χ1) is 14.6. The van der Waals surface area contributed by atoms with Gasteiger partial charge in [0.15, 0.2) is 0 Å². The van der Waals surface area contributed by atoms with Crippen molar-refractivity contribution in [2.75, 3.05) is 0 Å². The van der Waals surface area contributed by atoms with E-state index >= 15 is 4.39 Å². The Morgan fingerprint density at radius 3 is 2.37 bits per heavy atom. The van der Waals surface area contributed by atoms with E-state index in [1.54, 1.807) is 12.1 Å². The number of hydrogen-bond acceptors (Lipinski definition) is 0. The van der Waals surface area contributed by atoms with Gasteiger partial charge in [-0.15, -0.1) is 0 Å². The fourth-order valence-corrected chi connectivity index (χ4v) is 5.45. The summed E-state index contributed by atoms with van der Waals surface area (Å²) in [6.07, 6.45) is 12.5. The van der Waals surface area contributed by atoms with Crippen LogP contribution in [0.5, 0.6) is 0 Å². The molecule has 0 aliphatic heterocycles. The largest absolute Gasteiger partial charge is 0.207 e. The normalized spacial score (nSPS) is 23.4. The lowest BCUT2D eigenvalue weighted by atomic mass is 9.69. The number of halogens is 2. The van der Waals surface area contributed by atoms with E-state index in [1.165, 1.54) is 62.6 Å². The van der Waals surface area contributed by atoms with E-state index in [9.17, 15) is 4.39 Å². The Labute approximate surface area is 180 Å². The zero-order chi connectivity index (χ0) is 20.9. The van der Waals surface area contributed by atoms with E-state index in [2.05, 4.69) is 24.8 Å². The van der Waals surface area contributed by atoms with E-state index in [0.29, 0.717) is 17.0 Å². The molecule has 2 aliphatic rings. The molecule has 0 N–H and O–H groups in total. The molecule has 2 aromatic rings. The molecule has 0 saturated heterocycles. The van der Waals surface area contributed by atoms with Gasteiger partial charge in [-0.1, -0.05) is 56.9 Å². The van der Waals surface area contributed by atoms with Crippen LogP contribution in [0.1, 0.15) is 80.5 Å². The lowest BCUT2D eigenvalue weighted by Crippen LogP contribution is -2.27. The SMILES string of the molecule is CCCCC1CCC(C2CCc3c(ccc(C#Cc4ccc(F)cc4)c3F)C2)CC1. The summed E-state index contributed by atoms with van der Waals surface area (Å²) in [5, 5.41) is 0. The van der Waals surface area contributed by atoms with Crippen LogP contribution in [0.2, 0.25) is 0 Å². The van der Waals surface area contributed by atoms with Crippen molar-refractivity contribution in [3.05, 3.63) is 70.3 Å². The third-order valence-electron chi connectivity index (χ3n) is 7.30. The van der Waals surface area contributed by atoms with Gasteiger partial charge in [0.1, 0.15) is 11.6 Å². The summed E-state index contributed by atoms with van der Waals surface area (Å²) in [5.74, 6) is 7.94. The molecule has 0 amide bonds. The van der Waals surface area contributed by atoms with Gasteiger partial charge in [0.25, 0.3) is 0 Å². The maximum Gasteiger partial charge on any atom is 0.142 e. The molecule has 0 nitrogen and oxygen atoms in total. The fraction of sp³-hybridized carbons (Fsp3) is 0.500. The minimum absolute atomic E-state index is 0.149. The van der Waals surface area contributed by atoms with Crippen molar-refractivity contribution in [2.24, 2.45) is 17.8 Å². The van der Waals surface area contributed by atoms with Gasteiger partial charge in [0.2, 0.25) is 0 Å². The van der Waals surface area contributed by atoms with Crippen LogP contribution in [0.4, 0.5) is 8.78 Å². The Bertz CT molecular complexity index is 908. The third kappa shape index (κ3) is 4.94. The summed E-state index contributed by atoms with van der Waals surface area (Å²) in [7, 11) is 0. The Balaban J connectivity index is 1.41. The molecular weight excluding hydrogens is 374 g/mol. The van der Waals surface area contributed by atoms with Gasteiger partial charge in [-0.25, -0.2) is 8.78 Å². The molecule has 0 bridgehead atoms. The molecule has 1 saturated carbocycles. The Morgan fingerprint density at radius 2 is 1.63 bits per heavy atom. The van der Waals surface area contributed by atoms with Crippen molar-refractivity contribution >= 4 is 0 Å². The van der Waals surface area contributed by atoms with Gasteiger partial charge in [0.05, 0.1) is 5.56 Å². The number of rotatable bonds is 4. The van der Waals surface area contributed by atoms with Crippen LogP contribution in [0.15, 0.2) is 36.4 Å². The predicted molar refractivity (Wildman–Crippen MR) is 119 cm³/mol. The predicted octanol–water partition coefficient (Wildman–Crippen LogP) is 7.47. The number of hydrogen-bond donors (Lipinski definition) is 0. The molecule has 2 aliphatic carbocycles. The average Bonchev–Trinajstić information content (AvgIpc) is 2.78. The highest BCUT2D eigenvalue weighted by atomic mass is 19.1. The standard InChI is InChI=1S/C28H32F2/c1-2-3-4-20-5-10-22(11-6-20)24-15-18-27-25(19-24)14-13-23(28(27)30)12-7-21-8-16-26(29)17-9-21/h8-9,13-14,16-17,20,22,24H,2-6,10-11,15,18-19H2,1H3. The first-order valence-corrected chi connectivity index (χ1v) is 11.7. The maximum absolute atomic E-state index is 15.1. The molecule has 2 aromatic carbocycles. The molecule has 30 heavy (non-hydrogen) atoms. The summed E-state index contributed by atoms with van der Waals surface area (Å²) in [5.41, 5.74) is 3.20. The smallest absolute Gasteiger partial charge is 0.142 e. The third-order valence-corrected chi connectivity index (χ3v) is 7.30. The van der Waals surface area contributed by atoms with Gasteiger partial charge in [-0.3, -0.25) is 0 Å². The van der Waals surface area contributed by atoms with Crippen molar-refractivity contribution in [1.82, 2.24) is 0 Å².